The van der Waals surface area contributed by atoms with E-state index in [9.17, 15) is 10.1 Å². The molecular weight excluding hydrogens is 212 g/mol. The van der Waals surface area contributed by atoms with Gasteiger partial charge in [0.1, 0.15) is 0 Å². The topological polar surface area (TPSA) is 69.2 Å². The van der Waals surface area contributed by atoms with E-state index in [2.05, 4.69) is 6.58 Å². The standard InChI is InChI=1S/C7H8N2O2S.ClH/c1-2-5(8)6-3-4-7(12-6)9(10)11;/h2-5H,1,8H2;1H/t5-;/m1./s1. The van der Waals surface area contributed by atoms with Crippen LogP contribution in [0.3, 0.4) is 0 Å². The number of hydrogen-bond acceptors (Lipinski definition) is 4. The van der Waals surface area contributed by atoms with Crippen molar-refractivity contribution in [1.29, 1.82) is 0 Å². The van der Waals surface area contributed by atoms with Gasteiger partial charge in [-0.3, -0.25) is 10.1 Å². The number of thiophene rings is 1. The third kappa shape index (κ3) is 2.80. The summed E-state index contributed by atoms with van der Waals surface area (Å²) in [6, 6.07) is 2.79. The lowest BCUT2D eigenvalue weighted by atomic mass is 10.2. The van der Waals surface area contributed by atoms with Crippen LogP contribution in [0, 0.1) is 10.1 Å². The van der Waals surface area contributed by atoms with E-state index in [4.69, 9.17) is 5.73 Å². The van der Waals surface area contributed by atoms with Crippen LogP contribution in [0.5, 0.6) is 0 Å². The van der Waals surface area contributed by atoms with Gasteiger partial charge < -0.3 is 5.73 Å². The second-order valence-electron chi connectivity index (χ2n) is 2.19. The molecule has 72 valence electrons. The van der Waals surface area contributed by atoms with Crippen molar-refractivity contribution < 1.29 is 4.92 Å². The summed E-state index contributed by atoms with van der Waals surface area (Å²) < 4.78 is 0. The first-order valence-corrected chi connectivity index (χ1v) is 4.09. The van der Waals surface area contributed by atoms with Gasteiger partial charge in [0, 0.05) is 10.9 Å². The van der Waals surface area contributed by atoms with E-state index < -0.39 is 4.92 Å². The van der Waals surface area contributed by atoms with Gasteiger partial charge >= 0.3 is 5.00 Å². The maximum Gasteiger partial charge on any atom is 0.324 e. The summed E-state index contributed by atoms with van der Waals surface area (Å²) in [5.74, 6) is 0. The third-order valence-corrected chi connectivity index (χ3v) is 2.51. The average molecular weight is 221 g/mol. The molecule has 0 radical (unpaired) electrons. The van der Waals surface area contributed by atoms with E-state index in [0.29, 0.717) is 0 Å². The molecule has 13 heavy (non-hydrogen) atoms. The summed E-state index contributed by atoms with van der Waals surface area (Å²) in [5.41, 5.74) is 5.58. The zero-order chi connectivity index (χ0) is 9.14. The molecule has 1 atom stereocenters. The Balaban J connectivity index is 0.00000144. The fraction of sp³-hybridized carbons (Fsp3) is 0.143. The lowest BCUT2D eigenvalue weighted by Gasteiger charge is -1.98. The first kappa shape index (κ1) is 12.1. The van der Waals surface area contributed by atoms with Gasteiger partial charge in [0.15, 0.2) is 0 Å². The highest BCUT2D eigenvalue weighted by molar-refractivity contribution is 7.15. The smallest absolute Gasteiger partial charge is 0.320 e. The lowest BCUT2D eigenvalue weighted by molar-refractivity contribution is -0.380. The van der Waals surface area contributed by atoms with Crippen LogP contribution in [-0.4, -0.2) is 4.92 Å². The molecule has 0 spiro atoms. The largest absolute Gasteiger partial charge is 0.324 e. The van der Waals surface area contributed by atoms with Crippen molar-refractivity contribution in [2.45, 2.75) is 6.04 Å². The van der Waals surface area contributed by atoms with Crippen LogP contribution in [0.25, 0.3) is 0 Å². The van der Waals surface area contributed by atoms with Crippen LogP contribution in [0.4, 0.5) is 5.00 Å². The molecule has 1 rings (SSSR count). The Morgan fingerprint density at radius 3 is 2.69 bits per heavy atom. The van der Waals surface area contributed by atoms with Crippen molar-refractivity contribution in [3.8, 4) is 0 Å². The van der Waals surface area contributed by atoms with E-state index in [1.54, 1.807) is 12.1 Å². The highest BCUT2D eigenvalue weighted by atomic mass is 35.5. The number of nitro groups is 1. The molecule has 1 heterocycles. The van der Waals surface area contributed by atoms with Gasteiger partial charge in [-0.2, -0.15) is 0 Å². The first-order chi connectivity index (χ1) is 5.65. The van der Waals surface area contributed by atoms with Gasteiger partial charge in [0.25, 0.3) is 0 Å². The fourth-order valence-electron chi connectivity index (χ4n) is 0.736. The Kier molecular flexibility index (Phi) is 4.61. The molecule has 0 saturated carbocycles. The highest BCUT2D eigenvalue weighted by Crippen LogP contribution is 2.27. The lowest BCUT2D eigenvalue weighted by Crippen LogP contribution is -2.03. The predicted octanol–water partition coefficient (Wildman–Crippen LogP) is 2.26. The van der Waals surface area contributed by atoms with Gasteiger partial charge in [-0.05, 0) is 6.07 Å². The molecular formula is C7H9ClN2O2S. The molecule has 0 aromatic carbocycles. The van der Waals surface area contributed by atoms with Gasteiger partial charge in [-0.15, -0.1) is 19.0 Å². The normalized spacial score (nSPS) is 11.5. The molecule has 0 bridgehead atoms. The molecule has 0 aliphatic carbocycles. The Labute approximate surface area is 85.6 Å². The first-order valence-electron chi connectivity index (χ1n) is 3.27. The van der Waals surface area contributed by atoms with Crippen molar-refractivity contribution in [3.63, 3.8) is 0 Å². The zero-order valence-corrected chi connectivity index (χ0v) is 8.31. The van der Waals surface area contributed by atoms with Crippen molar-refractivity contribution in [2.75, 3.05) is 0 Å². The number of nitrogens with two attached hydrogens (primary N) is 1. The van der Waals surface area contributed by atoms with Crippen molar-refractivity contribution in [3.05, 3.63) is 39.8 Å². The van der Waals surface area contributed by atoms with E-state index in [-0.39, 0.29) is 23.4 Å². The summed E-state index contributed by atoms with van der Waals surface area (Å²) in [5, 5.41) is 10.4. The SMILES string of the molecule is C=C[C@@H](N)c1ccc([N+](=O)[O-])s1.Cl. The van der Waals surface area contributed by atoms with Crippen molar-refractivity contribution in [1.82, 2.24) is 0 Å². The average Bonchev–Trinajstić information content (AvgIpc) is 2.51. The summed E-state index contributed by atoms with van der Waals surface area (Å²) >= 11 is 1.08. The van der Waals surface area contributed by atoms with Gasteiger partial charge in [-0.25, -0.2) is 0 Å². The van der Waals surface area contributed by atoms with E-state index >= 15 is 0 Å². The number of hydrogen-bond donors (Lipinski definition) is 1. The summed E-state index contributed by atoms with van der Waals surface area (Å²) in [4.78, 5) is 10.6. The van der Waals surface area contributed by atoms with Crippen LogP contribution < -0.4 is 5.73 Å². The Hall–Kier alpha value is -0.910. The van der Waals surface area contributed by atoms with Gasteiger partial charge in [-0.1, -0.05) is 17.4 Å². The fourth-order valence-corrected chi connectivity index (χ4v) is 1.56. The minimum Gasteiger partial charge on any atom is -0.320 e. The zero-order valence-electron chi connectivity index (χ0n) is 6.67. The molecule has 2 N–H and O–H groups in total. The van der Waals surface area contributed by atoms with Crippen molar-refractivity contribution >= 4 is 28.7 Å². The molecule has 0 unspecified atom stereocenters. The Morgan fingerprint density at radius 1 is 1.69 bits per heavy atom. The molecule has 6 heteroatoms. The summed E-state index contributed by atoms with van der Waals surface area (Å²) in [6.45, 7) is 3.50. The predicted molar refractivity (Wildman–Crippen MR) is 55.3 cm³/mol. The van der Waals surface area contributed by atoms with E-state index in [0.717, 1.165) is 16.2 Å². The summed E-state index contributed by atoms with van der Waals surface area (Å²) in [6.07, 6.45) is 1.55. The number of rotatable bonds is 3. The second kappa shape index (κ2) is 4.96. The second-order valence-corrected chi connectivity index (χ2v) is 3.29. The van der Waals surface area contributed by atoms with Crippen LogP contribution in [0.15, 0.2) is 24.8 Å². The Bertz CT molecular complexity index is 313. The van der Waals surface area contributed by atoms with Crippen LogP contribution in [-0.2, 0) is 0 Å². The van der Waals surface area contributed by atoms with E-state index in [1.807, 2.05) is 0 Å². The molecule has 0 amide bonds. The molecule has 0 aliphatic heterocycles. The van der Waals surface area contributed by atoms with E-state index in [1.165, 1.54) is 6.07 Å². The van der Waals surface area contributed by atoms with Gasteiger partial charge in [0.05, 0.1) is 11.0 Å². The minimum atomic E-state index is -0.427. The number of nitrogens with zero attached hydrogens (tertiary/aromatic N) is 1. The molecule has 1 aromatic heterocycles. The van der Waals surface area contributed by atoms with Gasteiger partial charge in [0.2, 0.25) is 0 Å². The molecule has 0 aliphatic rings. The third-order valence-electron chi connectivity index (χ3n) is 1.38. The number of halogens is 1. The van der Waals surface area contributed by atoms with Crippen LogP contribution in [0.2, 0.25) is 0 Å². The maximum atomic E-state index is 10.3. The van der Waals surface area contributed by atoms with Crippen LogP contribution in [0.1, 0.15) is 10.9 Å². The maximum absolute atomic E-state index is 10.3. The minimum absolute atomic E-state index is 0. The molecule has 1 aromatic rings. The highest BCUT2D eigenvalue weighted by Gasteiger charge is 2.12. The summed E-state index contributed by atoms with van der Waals surface area (Å²) in [7, 11) is 0. The molecule has 0 saturated heterocycles. The monoisotopic (exact) mass is 220 g/mol. The Morgan fingerprint density at radius 2 is 2.31 bits per heavy atom. The molecule has 0 fully saturated rings. The van der Waals surface area contributed by atoms with Crippen molar-refractivity contribution in [2.24, 2.45) is 5.73 Å². The molecule has 4 nitrogen and oxygen atoms in total. The quantitative estimate of drug-likeness (QED) is 0.483. The van der Waals surface area contributed by atoms with Crippen LogP contribution >= 0.6 is 23.7 Å².